The van der Waals surface area contributed by atoms with Crippen LogP contribution in [-0.4, -0.2) is 31.9 Å². The predicted molar refractivity (Wildman–Crippen MR) is 107 cm³/mol. The van der Waals surface area contributed by atoms with Gasteiger partial charge in [-0.1, -0.05) is 47.6 Å². The summed E-state index contributed by atoms with van der Waals surface area (Å²) in [5.41, 5.74) is 4.13. The molecule has 3 rings (SSSR count). The largest absolute Gasteiger partial charge is 0.349 e. The molecule has 0 bridgehead atoms. The maximum atomic E-state index is 12.3. The predicted octanol–water partition coefficient (Wildman–Crippen LogP) is 3.90. The van der Waals surface area contributed by atoms with Crippen molar-refractivity contribution in [2.45, 2.75) is 32.0 Å². The van der Waals surface area contributed by atoms with Crippen LogP contribution in [-0.2, 0) is 4.79 Å². The summed E-state index contributed by atoms with van der Waals surface area (Å²) in [7, 11) is 0. The number of aryl methyl sites for hydroxylation is 1. The Hall–Kier alpha value is -2.38. The highest BCUT2D eigenvalue weighted by atomic mass is 35.5. The zero-order valence-corrected chi connectivity index (χ0v) is 16.9. The lowest BCUT2D eigenvalue weighted by Gasteiger charge is -2.14. The number of tetrazole rings is 1. The normalized spacial score (nSPS) is 12.0. The van der Waals surface area contributed by atoms with Crippen molar-refractivity contribution in [3.05, 3.63) is 64.2 Å². The summed E-state index contributed by atoms with van der Waals surface area (Å²) >= 11 is 7.31. The van der Waals surface area contributed by atoms with Crippen molar-refractivity contribution in [1.29, 1.82) is 0 Å². The lowest BCUT2D eigenvalue weighted by Crippen LogP contribution is -2.28. The number of thioether (sulfide) groups is 1. The van der Waals surface area contributed by atoms with Gasteiger partial charge in [-0.2, -0.15) is 4.68 Å². The molecule has 0 aliphatic carbocycles. The average molecular weight is 402 g/mol. The number of hydrogen-bond acceptors (Lipinski definition) is 5. The second-order valence-corrected chi connectivity index (χ2v) is 7.60. The lowest BCUT2D eigenvalue weighted by atomic mass is 10.1. The fraction of sp³-hybridized carbons (Fsp3) is 0.263. The molecule has 0 fully saturated rings. The van der Waals surface area contributed by atoms with E-state index in [-0.39, 0.29) is 17.7 Å². The second-order valence-electron chi connectivity index (χ2n) is 6.23. The van der Waals surface area contributed by atoms with Gasteiger partial charge in [0.15, 0.2) is 0 Å². The highest BCUT2D eigenvalue weighted by Crippen LogP contribution is 2.23. The number of carbonyl (C=O) groups excluding carboxylic acids is 1. The van der Waals surface area contributed by atoms with Gasteiger partial charge in [0.2, 0.25) is 11.1 Å². The minimum Gasteiger partial charge on any atom is -0.349 e. The molecule has 140 valence electrons. The third kappa shape index (κ3) is 4.67. The Morgan fingerprint density at radius 1 is 1.26 bits per heavy atom. The fourth-order valence-corrected chi connectivity index (χ4v) is 3.55. The number of nitrogens with one attached hydrogen (secondary N) is 1. The van der Waals surface area contributed by atoms with Crippen molar-refractivity contribution >= 4 is 29.3 Å². The molecule has 1 N–H and O–H groups in total. The molecule has 0 saturated carbocycles. The topological polar surface area (TPSA) is 72.7 Å². The lowest BCUT2D eigenvalue weighted by molar-refractivity contribution is -0.119. The number of hydrogen-bond donors (Lipinski definition) is 1. The number of halogens is 1. The minimum atomic E-state index is -0.133. The van der Waals surface area contributed by atoms with E-state index in [1.54, 1.807) is 4.68 Å². The maximum absolute atomic E-state index is 12.3. The van der Waals surface area contributed by atoms with Gasteiger partial charge in [-0.25, -0.2) is 0 Å². The molecular formula is C19H20ClN5OS. The van der Waals surface area contributed by atoms with Crippen molar-refractivity contribution < 1.29 is 4.79 Å². The number of carbonyl (C=O) groups is 1. The van der Waals surface area contributed by atoms with Crippen molar-refractivity contribution in [1.82, 2.24) is 25.5 Å². The van der Waals surface area contributed by atoms with Crippen molar-refractivity contribution in [2.24, 2.45) is 0 Å². The first-order valence-corrected chi connectivity index (χ1v) is 9.84. The van der Waals surface area contributed by atoms with E-state index in [0.717, 1.165) is 22.4 Å². The molecule has 1 amide bonds. The molecule has 27 heavy (non-hydrogen) atoms. The minimum absolute atomic E-state index is 0.0945. The quantitative estimate of drug-likeness (QED) is 0.634. The van der Waals surface area contributed by atoms with E-state index in [1.165, 1.54) is 11.8 Å². The van der Waals surface area contributed by atoms with Gasteiger partial charge in [-0.05, 0) is 66.1 Å². The van der Waals surface area contributed by atoms with E-state index in [4.69, 9.17) is 11.6 Å². The summed E-state index contributed by atoms with van der Waals surface area (Å²) in [6, 6.07) is 13.3. The molecule has 1 unspecified atom stereocenters. The summed E-state index contributed by atoms with van der Waals surface area (Å²) in [6.07, 6.45) is 0. The Bertz CT molecular complexity index is 959. The molecule has 1 atom stereocenters. The van der Waals surface area contributed by atoms with Gasteiger partial charge in [0, 0.05) is 5.02 Å². The third-order valence-electron chi connectivity index (χ3n) is 4.30. The number of aromatic nitrogens is 4. The number of rotatable bonds is 6. The van der Waals surface area contributed by atoms with Crippen LogP contribution in [0.1, 0.15) is 29.7 Å². The fourth-order valence-electron chi connectivity index (χ4n) is 2.66. The van der Waals surface area contributed by atoms with Gasteiger partial charge < -0.3 is 5.32 Å². The molecule has 2 aromatic carbocycles. The van der Waals surface area contributed by atoms with E-state index >= 15 is 0 Å². The molecule has 0 aliphatic rings. The van der Waals surface area contributed by atoms with Crippen LogP contribution in [0.15, 0.2) is 47.6 Å². The van der Waals surface area contributed by atoms with Crippen LogP contribution < -0.4 is 5.32 Å². The van der Waals surface area contributed by atoms with Crippen molar-refractivity contribution in [2.75, 3.05) is 5.75 Å². The molecule has 3 aromatic rings. The monoisotopic (exact) mass is 401 g/mol. The van der Waals surface area contributed by atoms with Crippen LogP contribution in [0.5, 0.6) is 0 Å². The van der Waals surface area contributed by atoms with E-state index in [9.17, 15) is 4.79 Å². The van der Waals surface area contributed by atoms with E-state index < -0.39 is 0 Å². The molecule has 8 heteroatoms. The standard InChI is InChI=1S/C19H20ClN5OS/c1-12-6-4-9-17(13(12)2)25-19(22-23-24-25)27-11-18(26)21-14(3)15-7-5-8-16(20)10-15/h4-10,14H,11H2,1-3H3,(H,21,26). The van der Waals surface area contributed by atoms with Gasteiger partial charge >= 0.3 is 0 Å². The highest BCUT2D eigenvalue weighted by Gasteiger charge is 2.15. The molecule has 1 aromatic heterocycles. The van der Waals surface area contributed by atoms with E-state index in [2.05, 4.69) is 20.8 Å². The summed E-state index contributed by atoms with van der Waals surface area (Å²) in [5.74, 6) is 0.124. The first-order chi connectivity index (χ1) is 13.0. The first kappa shape index (κ1) is 19.4. The zero-order chi connectivity index (χ0) is 19.4. The Labute approximate surface area is 167 Å². The maximum Gasteiger partial charge on any atom is 0.230 e. The zero-order valence-electron chi connectivity index (χ0n) is 15.3. The Balaban J connectivity index is 1.65. The summed E-state index contributed by atoms with van der Waals surface area (Å²) in [4.78, 5) is 12.3. The van der Waals surface area contributed by atoms with Crippen LogP contribution in [0.25, 0.3) is 5.69 Å². The van der Waals surface area contributed by atoms with Crippen LogP contribution in [0.3, 0.4) is 0 Å². The van der Waals surface area contributed by atoms with Gasteiger partial charge in [0.05, 0.1) is 17.5 Å². The van der Waals surface area contributed by atoms with Gasteiger partial charge in [0.25, 0.3) is 0 Å². The average Bonchev–Trinajstić information content (AvgIpc) is 3.10. The Morgan fingerprint density at radius 2 is 2.04 bits per heavy atom. The second kappa shape index (κ2) is 8.54. The van der Waals surface area contributed by atoms with Gasteiger partial charge in [-0.15, -0.1) is 5.10 Å². The Morgan fingerprint density at radius 3 is 2.81 bits per heavy atom. The summed E-state index contributed by atoms with van der Waals surface area (Å²) in [6.45, 7) is 6.00. The van der Waals surface area contributed by atoms with Crippen LogP contribution in [0, 0.1) is 13.8 Å². The van der Waals surface area contributed by atoms with Crippen molar-refractivity contribution in [3.8, 4) is 5.69 Å². The Kier molecular flexibility index (Phi) is 6.13. The molecular weight excluding hydrogens is 382 g/mol. The van der Waals surface area contributed by atoms with E-state index in [0.29, 0.717) is 10.2 Å². The third-order valence-corrected chi connectivity index (χ3v) is 5.46. The van der Waals surface area contributed by atoms with Crippen LogP contribution in [0.4, 0.5) is 0 Å². The summed E-state index contributed by atoms with van der Waals surface area (Å²) in [5, 5.41) is 16.1. The van der Waals surface area contributed by atoms with E-state index in [1.807, 2.05) is 63.2 Å². The molecule has 6 nitrogen and oxygen atoms in total. The number of nitrogens with zero attached hydrogens (tertiary/aromatic N) is 4. The molecule has 0 radical (unpaired) electrons. The SMILES string of the molecule is Cc1cccc(-n2nnnc2SCC(=O)NC(C)c2cccc(Cl)c2)c1C. The molecule has 0 spiro atoms. The van der Waals surface area contributed by atoms with Gasteiger partial charge in [0.1, 0.15) is 0 Å². The number of benzene rings is 2. The van der Waals surface area contributed by atoms with Crippen molar-refractivity contribution in [3.63, 3.8) is 0 Å². The molecule has 0 saturated heterocycles. The molecule has 0 aliphatic heterocycles. The van der Waals surface area contributed by atoms with Crippen LogP contribution >= 0.6 is 23.4 Å². The first-order valence-electron chi connectivity index (χ1n) is 8.48. The molecule has 1 heterocycles. The summed E-state index contributed by atoms with van der Waals surface area (Å²) < 4.78 is 1.67. The smallest absolute Gasteiger partial charge is 0.230 e. The number of amides is 1. The van der Waals surface area contributed by atoms with Crippen LogP contribution in [0.2, 0.25) is 5.02 Å². The van der Waals surface area contributed by atoms with Gasteiger partial charge in [-0.3, -0.25) is 4.79 Å². The highest BCUT2D eigenvalue weighted by molar-refractivity contribution is 7.99.